The van der Waals surface area contributed by atoms with Crippen molar-refractivity contribution in [2.45, 2.75) is 264 Å². The first-order valence-corrected chi connectivity index (χ1v) is 28.2. The predicted octanol–water partition coefficient (Wildman–Crippen LogP) is 18.9. The lowest BCUT2D eigenvalue weighted by molar-refractivity contribution is -0.167. The second kappa shape index (κ2) is 55.9. The van der Waals surface area contributed by atoms with Gasteiger partial charge in [-0.3, -0.25) is 14.4 Å². The second-order valence-corrected chi connectivity index (χ2v) is 18.5. The van der Waals surface area contributed by atoms with Crippen LogP contribution in [0, 0.1) is 0 Å². The van der Waals surface area contributed by atoms with E-state index in [2.05, 4.69) is 118 Å². The number of allylic oxidation sites excluding steroid dienone is 16. The summed E-state index contributed by atoms with van der Waals surface area (Å²) in [4.78, 5) is 38.1. The SMILES string of the molecule is CC/C=C\C/C=C\C/C=C\C/C=C\CCCCCCC(=O)OC(COC(=O)CCCCCCC/C=C\C/C=C\CCCC)COC(=O)CCCCCCCCCCC/C=C\C/C=C\CCCCC. The fourth-order valence-electron chi connectivity index (χ4n) is 7.54. The maximum atomic E-state index is 12.8. The summed E-state index contributed by atoms with van der Waals surface area (Å²) in [5.74, 6) is -0.935. The first kappa shape index (κ1) is 64.3. The van der Waals surface area contributed by atoms with Gasteiger partial charge in [0.2, 0.25) is 0 Å². The van der Waals surface area contributed by atoms with Crippen molar-refractivity contribution in [3.8, 4) is 0 Å². The third-order valence-electron chi connectivity index (χ3n) is 11.8. The van der Waals surface area contributed by atoms with Crippen molar-refractivity contribution in [2.24, 2.45) is 0 Å². The molecule has 0 radical (unpaired) electrons. The minimum Gasteiger partial charge on any atom is -0.462 e. The van der Waals surface area contributed by atoms with Crippen molar-refractivity contribution < 1.29 is 28.6 Å². The number of hydrogen-bond acceptors (Lipinski definition) is 6. The van der Waals surface area contributed by atoms with Crippen LogP contribution in [0.3, 0.4) is 0 Å². The number of unbranched alkanes of at least 4 members (excludes halogenated alkanes) is 23. The second-order valence-electron chi connectivity index (χ2n) is 18.5. The molecule has 0 aliphatic rings. The van der Waals surface area contributed by atoms with Crippen LogP contribution in [0.2, 0.25) is 0 Å². The molecule has 0 N–H and O–H groups in total. The summed E-state index contributed by atoms with van der Waals surface area (Å²) in [5.41, 5.74) is 0. The molecule has 0 amide bonds. The minimum absolute atomic E-state index is 0.0950. The highest BCUT2D eigenvalue weighted by molar-refractivity contribution is 5.71. The van der Waals surface area contributed by atoms with Crippen LogP contribution in [0.4, 0.5) is 0 Å². The van der Waals surface area contributed by atoms with Crippen molar-refractivity contribution in [3.63, 3.8) is 0 Å². The lowest BCUT2D eigenvalue weighted by atomic mass is 10.1. The lowest BCUT2D eigenvalue weighted by Gasteiger charge is -2.18. The first-order chi connectivity index (χ1) is 33.5. The van der Waals surface area contributed by atoms with Gasteiger partial charge in [-0.25, -0.2) is 0 Å². The Morgan fingerprint density at radius 1 is 0.309 bits per heavy atom. The molecule has 1 atom stereocenters. The zero-order valence-electron chi connectivity index (χ0n) is 44.3. The van der Waals surface area contributed by atoms with E-state index in [1.165, 1.54) is 89.9 Å². The Hall–Kier alpha value is -3.67. The van der Waals surface area contributed by atoms with E-state index in [4.69, 9.17) is 14.2 Å². The van der Waals surface area contributed by atoms with Gasteiger partial charge in [-0.15, -0.1) is 0 Å². The van der Waals surface area contributed by atoms with Crippen molar-refractivity contribution in [2.75, 3.05) is 13.2 Å². The Labute approximate surface area is 419 Å². The topological polar surface area (TPSA) is 78.9 Å². The number of ether oxygens (including phenoxy) is 3. The molecule has 388 valence electrons. The van der Waals surface area contributed by atoms with E-state index in [1.807, 2.05) is 0 Å². The number of rotatable bonds is 50. The monoisotopic (exact) mass is 945 g/mol. The van der Waals surface area contributed by atoms with E-state index in [1.54, 1.807) is 0 Å². The van der Waals surface area contributed by atoms with E-state index >= 15 is 0 Å². The molecule has 0 aromatic heterocycles. The molecule has 0 aromatic rings. The zero-order valence-corrected chi connectivity index (χ0v) is 44.3. The number of esters is 3. The van der Waals surface area contributed by atoms with Crippen LogP contribution in [-0.2, 0) is 28.6 Å². The molecule has 0 saturated heterocycles. The molecule has 0 saturated carbocycles. The summed E-state index contributed by atoms with van der Waals surface area (Å²) in [5, 5.41) is 0. The van der Waals surface area contributed by atoms with Gasteiger partial charge in [0.15, 0.2) is 6.10 Å². The van der Waals surface area contributed by atoms with Gasteiger partial charge < -0.3 is 14.2 Å². The van der Waals surface area contributed by atoms with Crippen LogP contribution in [0.15, 0.2) is 97.2 Å². The highest BCUT2D eigenvalue weighted by Crippen LogP contribution is 2.14. The molecular formula is C62H104O6. The minimum atomic E-state index is -0.799. The molecule has 0 aromatic carbocycles. The highest BCUT2D eigenvalue weighted by Gasteiger charge is 2.19. The Balaban J connectivity index is 4.44. The Morgan fingerprint density at radius 2 is 0.588 bits per heavy atom. The van der Waals surface area contributed by atoms with Crippen LogP contribution in [0.1, 0.15) is 258 Å². The summed E-state index contributed by atoms with van der Waals surface area (Å²) >= 11 is 0. The molecule has 68 heavy (non-hydrogen) atoms. The highest BCUT2D eigenvalue weighted by atomic mass is 16.6. The number of hydrogen-bond donors (Lipinski definition) is 0. The van der Waals surface area contributed by atoms with Crippen molar-refractivity contribution in [3.05, 3.63) is 97.2 Å². The molecular weight excluding hydrogens is 841 g/mol. The maximum absolute atomic E-state index is 12.8. The Kier molecular flexibility index (Phi) is 52.9. The van der Waals surface area contributed by atoms with Gasteiger partial charge in [0.1, 0.15) is 13.2 Å². The standard InChI is InChI=1S/C62H104O6/c1-4-7-10-13-16-19-22-25-28-30-31-33-34-37-40-43-46-49-52-55-61(64)67-58-59(57-66-60(63)54-51-48-45-42-39-36-27-24-21-18-15-12-9-6-3)68-62(65)56-53-50-47-44-41-38-35-32-29-26-23-20-17-14-11-8-5-2/h8,11,15-20,24-29,35,38,59H,4-7,9-10,12-14,21-23,30-34,36-37,39-58H2,1-3H3/b11-8-,18-15-,19-16-,20-17-,27-24-,28-25-,29-26-,38-35-. The average Bonchev–Trinajstić information content (AvgIpc) is 3.34. The summed E-state index contributed by atoms with van der Waals surface area (Å²) < 4.78 is 16.8. The van der Waals surface area contributed by atoms with Crippen LogP contribution in [0.25, 0.3) is 0 Å². The molecule has 0 heterocycles. The number of carbonyl (C=O) groups excluding carboxylic acids is 3. The fraction of sp³-hybridized carbons (Fsp3) is 0.694. The van der Waals surface area contributed by atoms with Gasteiger partial charge >= 0.3 is 17.9 Å². The zero-order chi connectivity index (χ0) is 49.3. The van der Waals surface area contributed by atoms with Crippen molar-refractivity contribution in [1.29, 1.82) is 0 Å². The van der Waals surface area contributed by atoms with E-state index in [9.17, 15) is 14.4 Å². The van der Waals surface area contributed by atoms with Crippen LogP contribution < -0.4 is 0 Å². The van der Waals surface area contributed by atoms with Crippen LogP contribution in [-0.4, -0.2) is 37.2 Å². The van der Waals surface area contributed by atoms with Gasteiger partial charge in [0.25, 0.3) is 0 Å². The Morgan fingerprint density at radius 3 is 0.941 bits per heavy atom. The van der Waals surface area contributed by atoms with Crippen molar-refractivity contribution in [1.82, 2.24) is 0 Å². The van der Waals surface area contributed by atoms with Crippen molar-refractivity contribution >= 4 is 17.9 Å². The summed E-state index contributed by atoms with van der Waals surface area (Å²) in [6.45, 7) is 6.43. The molecule has 0 fully saturated rings. The molecule has 0 rings (SSSR count). The molecule has 1 unspecified atom stereocenters. The smallest absolute Gasteiger partial charge is 0.306 e. The molecule has 0 spiro atoms. The molecule has 6 heteroatoms. The maximum Gasteiger partial charge on any atom is 0.306 e. The molecule has 0 bridgehead atoms. The molecule has 6 nitrogen and oxygen atoms in total. The normalized spacial score (nSPS) is 12.8. The van der Waals surface area contributed by atoms with Gasteiger partial charge in [0.05, 0.1) is 0 Å². The van der Waals surface area contributed by atoms with Crippen LogP contribution in [0.5, 0.6) is 0 Å². The lowest BCUT2D eigenvalue weighted by Crippen LogP contribution is -2.30. The molecule has 0 aliphatic carbocycles. The van der Waals surface area contributed by atoms with E-state index in [0.29, 0.717) is 19.3 Å². The van der Waals surface area contributed by atoms with Gasteiger partial charge in [-0.05, 0) is 116 Å². The van der Waals surface area contributed by atoms with Gasteiger partial charge in [-0.1, -0.05) is 221 Å². The third-order valence-corrected chi connectivity index (χ3v) is 11.8. The largest absolute Gasteiger partial charge is 0.462 e. The first-order valence-electron chi connectivity index (χ1n) is 28.2. The van der Waals surface area contributed by atoms with Crippen LogP contribution >= 0.6 is 0 Å². The average molecular weight is 946 g/mol. The fourth-order valence-corrected chi connectivity index (χ4v) is 7.54. The summed E-state index contributed by atoms with van der Waals surface area (Å²) in [6.07, 6.45) is 73.9. The van der Waals surface area contributed by atoms with E-state index in [-0.39, 0.29) is 31.1 Å². The van der Waals surface area contributed by atoms with E-state index < -0.39 is 6.10 Å². The molecule has 0 aliphatic heterocycles. The summed E-state index contributed by atoms with van der Waals surface area (Å²) in [7, 11) is 0. The predicted molar refractivity (Wildman–Crippen MR) is 293 cm³/mol. The summed E-state index contributed by atoms with van der Waals surface area (Å²) in [6, 6.07) is 0. The van der Waals surface area contributed by atoms with Gasteiger partial charge in [-0.2, -0.15) is 0 Å². The van der Waals surface area contributed by atoms with Gasteiger partial charge in [0, 0.05) is 19.3 Å². The Bertz CT molecular complexity index is 1360. The number of carbonyl (C=O) groups is 3. The third kappa shape index (κ3) is 53.3. The van der Waals surface area contributed by atoms with E-state index in [0.717, 1.165) is 128 Å². The quantitative estimate of drug-likeness (QED) is 0.0262.